The zero-order chi connectivity index (χ0) is 23.1. The van der Waals surface area contributed by atoms with E-state index in [4.69, 9.17) is 16.3 Å². The summed E-state index contributed by atoms with van der Waals surface area (Å²) in [6.45, 7) is 2.64. The van der Waals surface area contributed by atoms with Gasteiger partial charge in [-0.15, -0.1) is 0 Å². The van der Waals surface area contributed by atoms with Crippen LogP contribution in [-0.4, -0.2) is 21.2 Å². The van der Waals surface area contributed by atoms with Gasteiger partial charge in [-0.25, -0.2) is 9.37 Å². The third kappa shape index (κ3) is 3.76. The number of hydrogen-bond acceptors (Lipinski definition) is 3. The Morgan fingerprint density at radius 3 is 2.64 bits per heavy atom. The van der Waals surface area contributed by atoms with E-state index < -0.39 is 5.82 Å². The highest BCUT2D eigenvalue weighted by molar-refractivity contribution is 6.31. The first-order valence-corrected chi connectivity index (χ1v) is 10.9. The Balaban J connectivity index is 1.73. The van der Waals surface area contributed by atoms with Gasteiger partial charge in [0.1, 0.15) is 22.6 Å². The van der Waals surface area contributed by atoms with Crippen LogP contribution in [0.15, 0.2) is 71.8 Å². The number of ether oxygens (including phenoxy) is 1. The van der Waals surface area contributed by atoms with Crippen molar-refractivity contribution in [3.8, 4) is 5.75 Å². The van der Waals surface area contributed by atoms with Crippen molar-refractivity contribution < 1.29 is 9.13 Å². The van der Waals surface area contributed by atoms with Crippen molar-refractivity contribution in [2.45, 2.75) is 20.0 Å². The molecule has 5 rings (SSSR count). The second kappa shape index (κ2) is 8.37. The minimum absolute atomic E-state index is 0.169. The topological polar surface area (TPSA) is 49.0 Å². The first-order chi connectivity index (χ1) is 16.0. The predicted molar refractivity (Wildman–Crippen MR) is 129 cm³/mol. The smallest absolute Gasteiger partial charge is 0.278 e. The summed E-state index contributed by atoms with van der Waals surface area (Å²) >= 11 is 6.32. The Hall–Kier alpha value is -3.64. The van der Waals surface area contributed by atoms with Crippen molar-refractivity contribution in [1.29, 1.82) is 0 Å². The van der Waals surface area contributed by atoms with E-state index in [0.29, 0.717) is 34.9 Å². The molecule has 5 nitrogen and oxygen atoms in total. The van der Waals surface area contributed by atoms with Gasteiger partial charge < -0.3 is 9.30 Å². The Morgan fingerprint density at radius 2 is 1.85 bits per heavy atom. The quantitative estimate of drug-likeness (QED) is 0.344. The van der Waals surface area contributed by atoms with Gasteiger partial charge in [-0.2, -0.15) is 0 Å². The van der Waals surface area contributed by atoms with E-state index in [9.17, 15) is 9.18 Å². The number of nitrogens with zero attached hydrogens (tertiary/aromatic N) is 3. The summed E-state index contributed by atoms with van der Waals surface area (Å²) in [7, 11) is 1.61. The van der Waals surface area contributed by atoms with Gasteiger partial charge in [0.15, 0.2) is 0 Å². The number of benzene rings is 3. The highest BCUT2D eigenvalue weighted by atomic mass is 35.5. The summed E-state index contributed by atoms with van der Waals surface area (Å²) in [4.78, 5) is 18.4. The van der Waals surface area contributed by atoms with Crippen LogP contribution in [0, 0.1) is 12.7 Å². The maximum Gasteiger partial charge on any atom is 0.278 e. The molecule has 0 bridgehead atoms. The highest BCUT2D eigenvalue weighted by Crippen LogP contribution is 2.29. The Kier molecular flexibility index (Phi) is 5.38. The van der Waals surface area contributed by atoms with Gasteiger partial charge in [0.05, 0.1) is 25.5 Å². The number of methoxy groups -OCH3 is 1. The third-order valence-electron chi connectivity index (χ3n) is 5.86. The molecular weight excluding hydrogens is 441 g/mol. The maximum absolute atomic E-state index is 13.7. The predicted octanol–water partition coefficient (Wildman–Crippen LogP) is 5.56. The highest BCUT2D eigenvalue weighted by Gasteiger charge is 2.18. The molecule has 0 unspecified atom stereocenters. The number of aryl methyl sites for hydroxylation is 1. The molecule has 33 heavy (non-hydrogen) atoms. The fraction of sp³-hybridized carbons (Fsp3) is 0.154. The molecule has 0 aliphatic carbocycles. The van der Waals surface area contributed by atoms with Gasteiger partial charge in [0, 0.05) is 22.5 Å². The monoisotopic (exact) mass is 461 g/mol. The van der Waals surface area contributed by atoms with Crippen LogP contribution >= 0.6 is 11.6 Å². The number of hydrogen-bond donors (Lipinski definition) is 0. The van der Waals surface area contributed by atoms with Crippen LogP contribution in [0.2, 0.25) is 5.02 Å². The molecule has 0 aliphatic rings. The number of halogens is 2. The van der Waals surface area contributed by atoms with Crippen molar-refractivity contribution in [1.82, 2.24) is 14.1 Å². The normalized spacial score (nSPS) is 11.4. The lowest BCUT2D eigenvalue weighted by Crippen LogP contribution is -2.23. The van der Waals surface area contributed by atoms with Crippen molar-refractivity contribution in [3.05, 3.63) is 105 Å². The molecule has 0 radical (unpaired) electrons. The molecule has 5 aromatic rings. The van der Waals surface area contributed by atoms with E-state index in [1.807, 2.05) is 54.0 Å². The van der Waals surface area contributed by atoms with Gasteiger partial charge in [0.25, 0.3) is 5.56 Å². The standard InChI is InChI=1S/C26H21ClFN3O2/c1-16-7-10-22-20(11-16)24-25(31(22)14-17-8-9-19(28)12-21(17)27)26(32)30(15-29-24)13-18-5-3-4-6-23(18)33-2/h3-12,15H,13-14H2,1-2H3. The molecule has 0 fully saturated rings. The summed E-state index contributed by atoms with van der Waals surface area (Å²) in [5, 5.41) is 1.21. The zero-order valence-electron chi connectivity index (χ0n) is 18.2. The van der Waals surface area contributed by atoms with Gasteiger partial charge in [-0.3, -0.25) is 9.36 Å². The SMILES string of the molecule is COc1ccccc1Cn1cnc2c3cc(C)ccc3n(Cc3ccc(F)cc3Cl)c2c1=O. The van der Waals surface area contributed by atoms with E-state index in [1.165, 1.54) is 12.1 Å². The number of para-hydroxylation sites is 1. The largest absolute Gasteiger partial charge is 0.496 e. The number of aromatic nitrogens is 3. The Morgan fingerprint density at radius 1 is 1.03 bits per heavy atom. The van der Waals surface area contributed by atoms with Crippen LogP contribution in [0.1, 0.15) is 16.7 Å². The van der Waals surface area contributed by atoms with E-state index in [2.05, 4.69) is 4.98 Å². The second-order valence-corrected chi connectivity index (χ2v) is 8.44. The van der Waals surface area contributed by atoms with Crippen molar-refractivity contribution in [3.63, 3.8) is 0 Å². The molecule has 0 saturated heterocycles. The van der Waals surface area contributed by atoms with E-state index in [1.54, 1.807) is 24.1 Å². The molecule has 7 heteroatoms. The first kappa shape index (κ1) is 21.2. The fourth-order valence-corrected chi connectivity index (χ4v) is 4.46. The lowest BCUT2D eigenvalue weighted by atomic mass is 10.1. The lowest BCUT2D eigenvalue weighted by molar-refractivity contribution is 0.408. The third-order valence-corrected chi connectivity index (χ3v) is 6.21. The van der Waals surface area contributed by atoms with E-state index >= 15 is 0 Å². The molecule has 2 heterocycles. The summed E-state index contributed by atoms with van der Waals surface area (Å²) in [5.41, 5.74) is 4.48. The van der Waals surface area contributed by atoms with E-state index in [0.717, 1.165) is 27.6 Å². The summed E-state index contributed by atoms with van der Waals surface area (Å²) in [6, 6.07) is 17.9. The molecular formula is C26H21ClFN3O2. The Bertz CT molecular complexity index is 1570. The second-order valence-electron chi connectivity index (χ2n) is 8.03. The fourth-order valence-electron chi connectivity index (χ4n) is 4.23. The molecule has 0 saturated carbocycles. The molecule has 0 atom stereocenters. The molecule has 0 aliphatic heterocycles. The lowest BCUT2D eigenvalue weighted by Gasteiger charge is -2.12. The van der Waals surface area contributed by atoms with Crippen LogP contribution in [-0.2, 0) is 13.1 Å². The van der Waals surface area contributed by atoms with Crippen LogP contribution in [0.3, 0.4) is 0 Å². The van der Waals surface area contributed by atoms with Crippen molar-refractivity contribution in [2.75, 3.05) is 7.11 Å². The molecule has 0 N–H and O–H groups in total. The van der Waals surface area contributed by atoms with Crippen LogP contribution < -0.4 is 10.3 Å². The van der Waals surface area contributed by atoms with Crippen LogP contribution in [0.5, 0.6) is 5.75 Å². The summed E-state index contributed by atoms with van der Waals surface area (Å²) in [5.74, 6) is 0.307. The summed E-state index contributed by atoms with van der Waals surface area (Å²) in [6.07, 6.45) is 1.58. The van der Waals surface area contributed by atoms with Gasteiger partial charge in [-0.05, 0) is 42.8 Å². The maximum atomic E-state index is 13.7. The van der Waals surface area contributed by atoms with Crippen LogP contribution in [0.4, 0.5) is 4.39 Å². The average Bonchev–Trinajstić information content (AvgIpc) is 3.11. The minimum atomic E-state index is -0.401. The molecule has 0 spiro atoms. The van der Waals surface area contributed by atoms with Gasteiger partial charge >= 0.3 is 0 Å². The van der Waals surface area contributed by atoms with Crippen molar-refractivity contribution >= 4 is 33.5 Å². The molecule has 3 aromatic carbocycles. The Labute approximate surface area is 194 Å². The van der Waals surface area contributed by atoms with Crippen LogP contribution in [0.25, 0.3) is 21.9 Å². The molecule has 0 amide bonds. The van der Waals surface area contributed by atoms with Gasteiger partial charge in [-0.1, -0.05) is 47.5 Å². The van der Waals surface area contributed by atoms with Crippen molar-refractivity contribution in [2.24, 2.45) is 0 Å². The van der Waals surface area contributed by atoms with E-state index in [-0.39, 0.29) is 5.56 Å². The minimum Gasteiger partial charge on any atom is -0.496 e. The van der Waals surface area contributed by atoms with Gasteiger partial charge in [0.2, 0.25) is 0 Å². The zero-order valence-corrected chi connectivity index (χ0v) is 18.9. The molecule has 166 valence electrons. The average molecular weight is 462 g/mol. The number of fused-ring (bicyclic) bond motifs is 3. The molecule has 2 aromatic heterocycles. The number of rotatable bonds is 5. The first-order valence-electron chi connectivity index (χ1n) is 10.5. The summed E-state index contributed by atoms with van der Waals surface area (Å²) < 4.78 is 22.5.